The number of carbonyl (C=O) groups excluding carboxylic acids is 1. The molecule has 0 aromatic heterocycles. The van der Waals surface area contributed by atoms with E-state index < -0.39 is 5.54 Å². The van der Waals surface area contributed by atoms with Crippen LogP contribution in [0, 0.1) is 0 Å². The first kappa shape index (κ1) is 15.1. The van der Waals surface area contributed by atoms with Gasteiger partial charge in [0.05, 0.1) is 31.0 Å². The van der Waals surface area contributed by atoms with E-state index in [1.165, 1.54) is 0 Å². The summed E-state index contributed by atoms with van der Waals surface area (Å²) in [7, 11) is 0. The van der Waals surface area contributed by atoms with Gasteiger partial charge in [0.15, 0.2) is 0 Å². The first-order valence-electron chi connectivity index (χ1n) is 5.52. The van der Waals surface area contributed by atoms with Crippen LogP contribution in [0.2, 0.25) is 0 Å². The summed E-state index contributed by atoms with van der Waals surface area (Å²) in [6.07, 6.45) is 0. The predicted molar refractivity (Wildman–Crippen MR) is 73.4 cm³/mol. The van der Waals surface area contributed by atoms with Gasteiger partial charge in [-0.2, -0.15) is 0 Å². The fourth-order valence-electron chi connectivity index (χ4n) is 1.21. The van der Waals surface area contributed by atoms with E-state index in [0.29, 0.717) is 5.69 Å². The molecular weight excluding hydrogens is 300 g/mol. The molecule has 0 fully saturated rings. The first-order valence-corrected chi connectivity index (χ1v) is 6.31. The fraction of sp³-hybridized carbons (Fsp3) is 0.417. The maximum Gasteiger partial charge on any atom is 0.238 e. The van der Waals surface area contributed by atoms with Crippen molar-refractivity contribution in [3.63, 3.8) is 0 Å². The molecule has 1 aromatic rings. The van der Waals surface area contributed by atoms with E-state index in [1.54, 1.807) is 13.0 Å². The molecule has 0 saturated carbocycles. The van der Waals surface area contributed by atoms with Crippen molar-refractivity contribution >= 4 is 27.5 Å². The van der Waals surface area contributed by atoms with Gasteiger partial charge in [0.2, 0.25) is 5.91 Å². The number of nitrogens with one attached hydrogen (secondary N) is 2. The normalized spacial score (nSPS) is 11.3. The average molecular weight is 317 g/mol. The van der Waals surface area contributed by atoms with Crippen LogP contribution >= 0.6 is 15.9 Å². The van der Waals surface area contributed by atoms with Gasteiger partial charge in [-0.25, -0.2) is 0 Å². The van der Waals surface area contributed by atoms with Crippen molar-refractivity contribution in [2.24, 2.45) is 0 Å². The summed E-state index contributed by atoms with van der Waals surface area (Å²) in [5.74, 6) is -0.241. The first-order chi connectivity index (χ1) is 8.50. The molecule has 0 radical (unpaired) electrons. The number of anilines is 1. The van der Waals surface area contributed by atoms with Crippen molar-refractivity contribution in [3.8, 4) is 0 Å². The zero-order valence-corrected chi connectivity index (χ0v) is 11.7. The highest BCUT2D eigenvalue weighted by Gasteiger charge is 2.22. The SMILES string of the molecule is CC(CO)(CO)NCC(=O)Nc1ccccc1Br. The molecule has 0 bridgehead atoms. The number of halogens is 1. The molecule has 0 saturated heterocycles. The minimum absolute atomic E-state index is 0.0129. The van der Waals surface area contributed by atoms with Crippen LogP contribution in [0.25, 0.3) is 0 Å². The highest BCUT2D eigenvalue weighted by atomic mass is 79.9. The van der Waals surface area contributed by atoms with Gasteiger partial charge >= 0.3 is 0 Å². The number of carbonyl (C=O) groups is 1. The summed E-state index contributed by atoms with van der Waals surface area (Å²) in [5, 5.41) is 23.7. The molecule has 4 N–H and O–H groups in total. The Kier molecular flexibility index (Phi) is 5.74. The molecule has 1 rings (SSSR count). The van der Waals surface area contributed by atoms with E-state index in [0.717, 1.165) is 4.47 Å². The molecule has 0 atom stereocenters. The smallest absolute Gasteiger partial charge is 0.238 e. The second kappa shape index (κ2) is 6.84. The summed E-state index contributed by atoms with van der Waals surface area (Å²) in [6, 6.07) is 7.28. The van der Waals surface area contributed by atoms with Crippen LogP contribution in [0.3, 0.4) is 0 Å². The molecule has 1 amide bonds. The van der Waals surface area contributed by atoms with Crippen LogP contribution in [0.5, 0.6) is 0 Å². The van der Waals surface area contributed by atoms with Crippen molar-refractivity contribution in [2.75, 3.05) is 25.1 Å². The number of benzene rings is 1. The lowest BCUT2D eigenvalue weighted by Gasteiger charge is -2.25. The second-order valence-electron chi connectivity index (χ2n) is 4.26. The van der Waals surface area contributed by atoms with Crippen molar-refractivity contribution in [2.45, 2.75) is 12.5 Å². The summed E-state index contributed by atoms with van der Waals surface area (Å²) >= 11 is 3.33. The number of aliphatic hydroxyl groups excluding tert-OH is 2. The van der Waals surface area contributed by atoms with Gasteiger partial charge in [0, 0.05) is 4.47 Å². The molecule has 0 spiro atoms. The van der Waals surface area contributed by atoms with E-state index in [9.17, 15) is 4.79 Å². The minimum atomic E-state index is -0.856. The lowest BCUT2D eigenvalue weighted by atomic mass is 10.1. The predicted octanol–water partition coefficient (Wildman–Crippen LogP) is 0.720. The number of amides is 1. The van der Waals surface area contributed by atoms with Crippen LogP contribution in [-0.2, 0) is 4.79 Å². The third-order valence-corrected chi connectivity index (χ3v) is 3.21. The quantitative estimate of drug-likeness (QED) is 0.623. The Morgan fingerprint density at radius 1 is 1.33 bits per heavy atom. The van der Waals surface area contributed by atoms with Gasteiger partial charge in [-0.05, 0) is 35.0 Å². The largest absolute Gasteiger partial charge is 0.394 e. The maximum absolute atomic E-state index is 11.7. The fourth-order valence-corrected chi connectivity index (χ4v) is 1.60. The Balaban J connectivity index is 2.50. The molecular formula is C12H17BrN2O3. The van der Waals surface area contributed by atoms with Gasteiger partial charge in [-0.3, -0.25) is 10.1 Å². The summed E-state index contributed by atoms with van der Waals surface area (Å²) in [5.41, 5.74) is -0.176. The second-order valence-corrected chi connectivity index (χ2v) is 5.11. The number of para-hydroxylation sites is 1. The zero-order valence-electron chi connectivity index (χ0n) is 10.1. The minimum Gasteiger partial charge on any atom is -0.394 e. The highest BCUT2D eigenvalue weighted by Crippen LogP contribution is 2.20. The Bertz CT molecular complexity index is 408. The van der Waals surface area contributed by atoms with Crippen LogP contribution in [0.4, 0.5) is 5.69 Å². The summed E-state index contributed by atoms with van der Waals surface area (Å²) in [4.78, 5) is 11.7. The molecule has 0 aliphatic rings. The Morgan fingerprint density at radius 2 is 1.94 bits per heavy atom. The Morgan fingerprint density at radius 3 is 2.50 bits per heavy atom. The average Bonchev–Trinajstić information content (AvgIpc) is 2.39. The summed E-state index contributed by atoms with van der Waals surface area (Å²) in [6.45, 7) is 1.16. The summed E-state index contributed by atoms with van der Waals surface area (Å²) < 4.78 is 0.797. The molecule has 0 heterocycles. The van der Waals surface area contributed by atoms with Crippen LogP contribution in [-0.4, -0.2) is 41.4 Å². The van der Waals surface area contributed by atoms with Crippen molar-refractivity contribution < 1.29 is 15.0 Å². The molecule has 0 aliphatic heterocycles. The highest BCUT2D eigenvalue weighted by molar-refractivity contribution is 9.10. The molecule has 100 valence electrons. The van der Waals surface area contributed by atoms with Crippen molar-refractivity contribution in [1.82, 2.24) is 5.32 Å². The topological polar surface area (TPSA) is 81.6 Å². The van der Waals surface area contributed by atoms with E-state index in [2.05, 4.69) is 26.6 Å². The number of aliphatic hydroxyl groups is 2. The number of rotatable bonds is 6. The maximum atomic E-state index is 11.7. The third-order valence-electron chi connectivity index (χ3n) is 2.52. The van der Waals surface area contributed by atoms with E-state index in [1.807, 2.05) is 18.2 Å². The molecule has 18 heavy (non-hydrogen) atoms. The zero-order chi connectivity index (χ0) is 13.6. The van der Waals surface area contributed by atoms with E-state index >= 15 is 0 Å². The standard InChI is InChI=1S/C12H17BrN2O3/c1-12(7-16,8-17)14-6-11(18)15-10-5-3-2-4-9(10)13/h2-5,14,16-17H,6-8H2,1H3,(H,15,18). The van der Waals surface area contributed by atoms with Gasteiger partial charge in [-0.1, -0.05) is 12.1 Å². The molecule has 0 aliphatic carbocycles. The van der Waals surface area contributed by atoms with Crippen molar-refractivity contribution in [1.29, 1.82) is 0 Å². The number of hydrogen-bond acceptors (Lipinski definition) is 4. The Hall–Kier alpha value is -0.950. The molecule has 5 nitrogen and oxygen atoms in total. The van der Waals surface area contributed by atoms with Gasteiger partial charge in [-0.15, -0.1) is 0 Å². The van der Waals surface area contributed by atoms with Gasteiger partial charge < -0.3 is 15.5 Å². The van der Waals surface area contributed by atoms with Gasteiger partial charge in [0.25, 0.3) is 0 Å². The molecule has 0 unspecified atom stereocenters. The van der Waals surface area contributed by atoms with E-state index in [4.69, 9.17) is 10.2 Å². The third kappa shape index (κ3) is 4.38. The van der Waals surface area contributed by atoms with Crippen LogP contribution in [0.1, 0.15) is 6.92 Å². The number of hydrogen-bond donors (Lipinski definition) is 4. The molecule has 1 aromatic carbocycles. The van der Waals surface area contributed by atoms with E-state index in [-0.39, 0.29) is 25.7 Å². The monoisotopic (exact) mass is 316 g/mol. The van der Waals surface area contributed by atoms with Crippen LogP contribution in [0.15, 0.2) is 28.7 Å². The lowest BCUT2D eigenvalue weighted by molar-refractivity contribution is -0.115. The van der Waals surface area contributed by atoms with Gasteiger partial charge in [0.1, 0.15) is 0 Å². The van der Waals surface area contributed by atoms with Crippen LogP contribution < -0.4 is 10.6 Å². The van der Waals surface area contributed by atoms with Crippen molar-refractivity contribution in [3.05, 3.63) is 28.7 Å². The Labute approximate surface area is 114 Å². The molecule has 6 heteroatoms. The lowest BCUT2D eigenvalue weighted by Crippen LogP contribution is -2.51.